The van der Waals surface area contributed by atoms with Crippen LogP contribution in [0.1, 0.15) is 65.2 Å². The van der Waals surface area contributed by atoms with Crippen LogP contribution < -0.4 is 0 Å². The molecule has 5 fully saturated rings. The van der Waals surface area contributed by atoms with Gasteiger partial charge in [-0.15, -0.1) is 0 Å². The van der Waals surface area contributed by atoms with Crippen molar-refractivity contribution in [1.82, 2.24) is 0 Å². The van der Waals surface area contributed by atoms with E-state index in [1.54, 1.807) is 0 Å². The van der Waals surface area contributed by atoms with Crippen LogP contribution in [0.2, 0.25) is 0 Å². The number of fused-ring (bicyclic) bond motifs is 6. The summed E-state index contributed by atoms with van der Waals surface area (Å²) in [5.74, 6) is 2.00. The first kappa shape index (κ1) is 14.2. The highest BCUT2D eigenvalue weighted by Crippen LogP contribution is 2.68. The van der Waals surface area contributed by atoms with Crippen molar-refractivity contribution >= 4 is 0 Å². The highest BCUT2D eigenvalue weighted by atomic mass is 16.6. The zero-order valence-corrected chi connectivity index (χ0v) is 13.9. The third-order valence-electron chi connectivity index (χ3n) is 9.01. The molecular weight excluding hydrogens is 276 g/mol. The number of hydrogen-bond donors (Lipinski definition) is 2. The molecule has 3 nitrogen and oxygen atoms in total. The predicted octanol–water partition coefficient (Wildman–Crippen LogP) is 2.88. The van der Waals surface area contributed by atoms with Gasteiger partial charge in [0, 0.05) is 11.8 Å². The molecule has 0 bridgehead atoms. The van der Waals surface area contributed by atoms with Crippen molar-refractivity contribution < 1.29 is 14.9 Å². The van der Waals surface area contributed by atoms with Gasteiger partial charge in [0.05, 0.1) is 23.9 Å². The van der Waals surface area contributed by atoms with Crippen LogP contribution >= 0.6 is 0 Å². The maximum atomic E-state index is 11.4. The van der Waals surface area contributed by atoms with Crippen LogP contribution in [0.4, 0.5) is 0 Å². The van der Waals surface area contributed by atoms with Crippen LogP contribution in [-0.2, 0) is 4.74 Å². The van der Waals surface area contributed by atoms with E-state index >= 15 is 0 Å². The fourth-order valence-electron chi connectivity index (χ4n) is 7.46. The van der Waals surface area contributed by atoms with E-state index in [9.17, 15) is 10.2 Å². The maximum absolute atomic E-state index is 11.4. The van der Waals surface area contributed by atoms with Crippen molar-refractivity contribution in [3.63, 3.8) is 0 Å². The first-order chi connectivity index (χ1) is 10.4. The molecule has 5 aliphatic rings. The first-order valence-electron chi connectivity index (χ1n) is 9.43. The summed E-state index contributed by atoms with van der Waals surface area (Å²) in [7, 11) is 0. The van der Waals surface area contributed by atoms with E-state index < -0.39 is 5.60 Å². The molecule has 0 aromatic carbocycles. The molecule has 9 atom stereocenters. The molecule has 0 aromatic heterocycles. The van der Waals surface area contributed by atoms with E-state index in [0.29, 0.717) is 30.0 Å². The maximum Gasteiger partial charge on any atom is 0.0869 e. The molecular formula is C19H30O3. The minimum Gasteiger partial charge on any atom is -0.393 e. The predicted molar refractivity (Wildman–Crippen MR) is 83.2 cm³/mol. The van der Waals surface area contributed by atoms with Gasteiger partial charge in [-0.3, -0.25) is 0 Å². The van der Waals surface area contributed by atoms with Crippen LogP contribution in [0.15, 0.2) is 0 Å². The van der Waals surface area contributed by atoms with Gasteiger partial charge in [-0.1, -0.05) is 13.8 Å². The fourth-order valence-corrected chi connectivity index (χ4v) is 7.46. The summed E-state index contributed by atoms with van der Waals surface area (Å²) < 4.78 is 5.80. The molecule has 22 heavy (non-hydrogen) atoms. The second-order valence-electron chi connectivity index (χ2n) is 9.62. The monoisotopic (exact) mass is 306 g/mol. The number of aliphatic hydroxyl groups excluding tert-OH is 1. The SMILES string of the molecule is CC12CCC3C(CCC4(O)CC5OC5CC34C)C1CC[C@@H]2O. The Labute approximate surface area is 133 Å². The van der Waals surface area contributed by atoms with Crippen molar-refractivity contribution in [2.45, 2.75) is 89.1 Å². The topological polar surface area (TPSA) is 53.0 Å². The van der Waals surface area contributed by atoms with Crippen molar-refractivity contribution in [1.29, 1.82) is 0 Å². The standard InChI is InChI=1S/C19H30O3/c1-17-7-6-13-11(12(17)3-4-16(17)20)5-8-19(21)10-15-14(22-15)9-18(13,19)2/h11-16,20-21H,3-10H2,1-2H3/t11?,12?,13?,14?,15?,16-,17?,18?,19?/m0/s1. The molecule has 0 amide bonds. The molecule has 0 spiro atoms. The Morgan fingerprint density at radius 2 is 1.68 bits per heavy atom. The lowest BCUT2D eigenvalue weighted by Gasteiger charge is -2.62. The van der Waals surface area contributed by atoms with Crippen molar-refractivity contribution in [3.8, 4) is 0 Å². The average molecular weight is 306 g/mol. The van der Waals surface area contributed by atoms with E-state index in [-0.39, 0.29) is 16.9 Å². The molecule has 8 unspecified atom stereocenters. The van der Waals surface area contributed by atoms with Gasteiger partial charge >= 0.3 is 0 Å². The zero-order chi connectivity index (χ0) is 15.3. The smallest absolute Gasteiger partial charge is 0.0869 e. The van der Waals surface area contributed by atoms with Gasteiger partial charge in [0.15, 0.2) is 0 Å². The molecule has 0 aromatic rings. The molecule has 124 valence electrons. The number of hydrogen-bond acceptors (Lipinski definition) is 3. The molecule has 4 saturated carbocycles. The lowest BCUT2D eigenvalue weighted by molar-refractivity contribution is -0.201. The Kier molecular flexibility index (Phi) is 2.65. The first-order valence-corrected chi connectivity index (χ1v) is 9.43. The molecule has 5 rings (SSSR count). The van der Waals surface area contributed by atoms with Gasteiger partial charge in [0.25, 0.3) is 0 Å². The average Bonchev–Trinajstić information content (AvgIpc) is 3.12. The van der Waals surface area contributed by atoms with E-state index in [4.69, 9.17) is 4.74 Å². The lowest BCUT2D eigenvalue weighted by Crippen LogP contribution is -2.62. The number of epoxide rings is 1. The largest absolute Gasteiger partial charge is 0.393 e. The molecule has 1 saturated heterocycles. The molecule has 3 heteroatoms. The lowest BCUT2D eigenvalue weighted by atomic mass is 9.44. The van der Waals surface area contributed by atoms with Crippen LogP contribution in [0, 0.1) is 28.6 Å². The molecule has 0 radical (unpaired) electrons. The number of rotatable bonds is 0. The molecule has 1 aliphatic heterocycles. The normalized spacial score (nSPS) is 66.0. The summed E-state index contributed by atoms with van der Waals surface area (Å²) in [6.45, 7) is 4.69. The van der Waals surface area contributed by atoms with Gasteiger partial charge in [0.2, 0.25) is 0 Å². The quantitative estimate of drug-likeness (QED) is 0.677. The van der Waals surface area contributed by atoms with Gasteiger partial charge in [-0.2, -0.15) is 0 Å². The third-order valence-corrected chi connectivity index (χ3v) is 9.01. The summed E-state index contributed by atoms with van der Waals surface area (Å²) in [5.41, 5.74) is -0.334. The Bertz CT molecular complexity index is 507. The van der Waals surface area contributed by atoms with E-state index in [0.717, 1.165) is 38.5 Å². The van der Waals surface area contributed by atoms with Gasteiger partial charge in [-0.25, -0.2) is 0 Å². The van der Waals surface area contributed by atoms with E-state index in [1.165, 1.54) is 12.8 Å². The molecule has 2 N–H and O–H groups in total. The number of ether oxygens (including phenoxy) is 1. The van der Waals surface area contributed by atoms with Crippen molar-refractivity contribution in [2.24, 2.45) is 28.6 Å². The molecule has 4 aliphatic carbocycles. The highest BCUT2D eigenvalue weighted by Gasteiger charge is 2.68. The second kappa shape index (κ2) is 4.10. The highest BCUT2D eigenvalue weighted by molar-refractivity contribution is 5.17. The fraction of sp³-hybridized carbons (Fsp3) is 1.00. The summed E-state index contributed by atoms with van der Waals surface area (Å²) in [6.07, 6.45) is 9.18. The Morgan fingerprint density at radius 1 is 0.909 bits per heavy atom. The van der Waals surface area contributed by atoms with E-state index in [2.05, 4.69) is 13.8 Å². The molecule has 1 heterocycles. The van der Waals surface area contributed by atoms with Crippen LogP contribution in [0.3, 0.4) is 0 Å². The second-order valence-corrected chi connectivity index (χ2v) is 9.62. The number of aliphatic hydroxyl groups is 2. The van der Waals surface area contributed by atoms with Crippen LogP contribution in [0.25, 0.3) is 0 Å². The minimum atomic E-state index is -0.503. The van der Waals surface area contributed by atoms with Crippen molar-refractivity contribution in [3.05, 3.63) is 0 Å². The zero-order valence-electron chi connectivity index (χ0n) is 13.9. The summed E-state index contributed by atoms with van der Waals surface area (Å²) in [5, 5.41) is 21.9. The summed E-state index contributed by atoms with van der Waals surface area (Å²) in [6, 6.07) is 0. The summed E-state index contributed by atoms with van der Waals surface area (Å²) in [4.78, 5) is 0. The van der Waals surface area contributed by atoms with Gasteiger partial charge < -0.3 is 14.9 Å². The van der Waals surface area contributed by atoms with Gasteiger partial charge in [-0.05, 0) is 68.1 Å². The van der Waals surface area contributed by atoms with Crippen molar-refractivity contribution in [2.75, 3.05) is 0 Å². The van der Waals surface area contributed by atoms with Crippen LogP contribution in [-0.4, -0.2) is 34.1 Å². The Morgan fingerprint density at radius 3 is 2.50 bits per heavy atom. The Balaban J connectivity index is 1.51. The van der Waals surface area contributed by atoms with Gasteiger partial charge in [0.1, 0.15) is 0 Å². The van der Waals surface area contributed by atoms with E-state index in [1.807, 2.05) is 0 Å². The third kappa shape index (κ3) is 1.54. The Hall–Kier alpha value is -0.120. The minimum absolute atomic E-state index is 0.0302. The van der Waals surface area contributed by atoms with Crippen LogP contribution in [0.5, 0.6) is 0 Å². The summed E-state index contributed by atoms with van der Waals surface area (Å²) >= 11 is 0.